The van der Waals surface area contributed by atoms with Crippen LogP contribution < -0.4 is 4.74 Å². The van der Waals surface area contributed by atoms with Gasteiger partial charge in [0.05, 0.1) is 31.8 Å². The Morgan fingerprint density at radius 2 is 1.72 bits per heavy atom. The zero-order chi connectivity index (χ0) is 18.3. The van der Waals surface area contributed by atoms with E-state index in [2.05, 4.69) is 4.98 Å². The third-order valence-corrected chi connectivity index (χ3v) is 3.70. The molecule has 0 unspecified atom stereocenters. The summed E-state index contributed by atoms with van der Waals surface area (Å²) in [4.78, 5) is 4.40. The van der Waals surface area contributed by atoms with E-state index >= 15 is 0 Å². The predicted molar refractivity (Wildman–Crippen MR) is 95.0 cm³/mol. The van der Waals surface area contributed by atoms with Gasteiger partial charge in [-0.3, -0.25) is 4.18 Å². The Kier molecular flexibility index (Phi) is 6.52. The minimum Gasteiger partial charge on any atom is -0.439 e. The lowest BCUT2D eigenvalue weighted by atomic mass is 9.97. The molecule has 0 fully saturated rings. The van der Waals surface area contributed by atoms with E-state index in [9.17, 15) is 8.42 Å². The van der Waals surface area contributed by atoms with E-state index in [1.54, 1.807) is 6.07 Å². The number of hydrogen-bond acceptors (Lipinski definition) is 6. The van der Waals surface area contributed by atoms with E-state index in [1.165, 1.54) is 0 Å². The molecule has 0 spiro atoms. The van der Waals surface area contributed by atoms with Crippen molar-refractivity contribution in [2.24, 2.45) is 5.41 Å². The predicted octanol–water partition coefficient (Wildman–Crippen LogP) is 3.39. The summed E-state index contributed by atoms with van der Waals surface area (Å²) < 4.78 is 38.3. The van der Waals surface area contributed by atoms with Crippen LogP contribution in [0.1, 0.15) is 19.5 Å². The molecule has 2 aromatic rings. The highest BCUT2D eigenvalue weighted by molar-refractivity contribution is 7.85. The summed E-state index contributed by atoms with van der Waals surface area (Å²) in [5.41, 5.74) is 0.301. The first-order valence-electron chi connectivity index (χ1n) is 7.85. The number of rotatable bonds is 9. The SMILES string of the molecule is CC(C)(COCc1cccc(Oc2ccccc2)n1)COS(C)(=O)=O. The van der Waals surface area contributed by atoms with Gasteiger partial charge in [-0.15, -0.1) is 0 Å². The second-order valence-electron chi connectivity index (χ2n) is 6.51. The molecule has 1 heterocycles. The fourth-order valence-electron chi connectivity index (χ4n) is 1.94. The largest absolute Gasteiger partial charge is 0.439 e. The van der Waals surface area contributed by atoms with Crippen molar-refractivity contribution in [1.29, 1.82) is 0 Å². The number of para-hydroxylation sites is 1. The Hall–Kier alpha value is -1.96. The van der Waals surface area contributed by atoms with Crippen molar-refractivity contribution in [2.75, 3.05) is 19.5 Å². The molecule has 7 heteroatoms. The summed E-state index contributed by atoms with van der Waals surface area (Å²) in [5.74, 6) is 1.21. The van der Waals surface area contributed by atoms with E-state index in [1.807, 2.05) is 56.3 Å². The number of hydrogen-bond donors (Lipinski definition) is 0. The summed E-state index contributed by atoms with van der Waals surface area (Å²) in [5, 5.41) is 0. The van der Waals surface area contributed by atoms with Gasteiger partial charge in [-0.05, 0) is 18.2 Å². The van der Waals surface area contributed by atoms with Crippen molar-refractivity contribution in [1.82, 2.24) is 4.98 Å². The van der Waals surface area contributed by atoms with Crippen molar-refractivity contribution in [3.05, 3.63) is 54.2 Å². The van der Waals surface area contributed by atoms with Gasteiger partial charge >= 0.3 is 0 Å². The van der Waals surface area contributed by atoms with E-state index in [0.29, 0.717) is 24.8 Å². The number of nitrogens with zero attached hydrogens (tertiary/aromatic N) is 1. The highest BCUT2D eigenvalue weighted by Gasteiger charge is 2.21. The van der Waals surface area contributed by atoms with Gasteiger partial charge < -0.3 is 9.47 Å². The normalized spacial score (nSPS) is 12.1. The molecule has 136 valence electrons. The number of pyridine rings is 1. The maximum Gasteiger partial charge on any atom is 0.264 e. The van der Waals surface area contributed by atoms with Crippen LogP contribution in [0.3, 0.4) is 0 Å². The second-order valence-corrected chi connectivity index (χ2v) is 8.15. The molecule has 0 bridgehead atoms. The van der Waals surface area contributed by atoms with Crippen LogP contribution in [0.25, 0.3) is 0 Å². The standard InChI is InChI=1S/C18H23NO5S/c1-18(2,14-23-25(3,20)21)13-22-12-15-8-7-11-17(19-15)24-16-9-5-4-6-10-16/h4-11H,12-14H2,1-3H3. The first-order valence-corrected chi connectivity index (χ1v) is 9.66. The van der Waals surface area contributed by atoms with E-state index in [4.69, 9.17) is 13.7 Å². The lowest BCUT2D eigenvalue weighted by Crippen LogP contribution is -2.27. The lowest BCUT2D eigenvalue weighted by Gasteiger charge is -2.23. The molecule has 0 N–H and O–H groups in total. The molecule has 6 nitrogen and oxygen atoms in total. The topological polar surface area (TPSA) is 74.7 Å². The van der Waals surface area contributed by atoms with Crippen LogP contribution in [-0.2, 0) is 25.6 Å². The zero-order valence-corrected chi connectivity index (χ0v) is 15.5. The van der Waals surface area contributed by atoms with Gasteiger partial charge in [0.15, 0.2) is 0 Å². The van der Waals surface area contributed by atoms with Gasteiger partial charge in [0, 0.05) is 11.5 Å². The minimum atomic E-state index is -3.45. The van der Waals surface area contributed by atoms with Crippen LogP contribution in [-0.4, -0.2) is 32.9 Å². The van der Waals surface area contributed by atoms with E-state index < -0.39 is 15.5 Å². The van der Waals surface area contributed by atoms with Crippen LogP contribution >= 0.6 is 0 Å². The Bertz CT molecular complexity index is 775. The fraction of sp³-hybridized carbons (Fsp3) is 0.389. The van der Waals surface area contributed by atoms with Gasteiger partial charge in [0.1, 0.15) is 5.75 Å². The smallest absolute Gasteiger partial charge is 0.264 e. The van der Waals surface area contributed by atoms with E-state index in [-0.39, 0.29) is 6.61 Å². The highest BCUT2D eigenvalue weighted by atomic mass is 32.2. The van der Waals surface area contributed by atoms with Crippen LogP contribution in [0.5, 0.6) is 11.6 Å². The Morgan fingerprint density at radius 3 is 2.40 bits per heavy atom. The average molecular weight is 365 g/mol. The maximum atomic E-state index is 11.1. The van der Waals surface area contributed by atoms with Crippen molar-refractivity contribution in [3.63, 3.8) is 0 Å². The van der Waals surface area contributed by atoms with Crippen molar-refractivity contribution in [2.45, 2.75) is 20.5 Å². The van der Waals surface area contributed by atoms with Gasteiger partial charge in [-0.25, -0.2) is 4.98 Å². The maximum absolute atomic E-state index is 11.1. The van der Waals surface area contributed by atoms with Gasteiger partial charge in [-0.2, -0.15) is 8.42 Å². The molecule has 0 radical (unpaired) electrons. The Balaban J connectivity index is 1.85. The summed E-state index contributed by atoms with van der Waals surface area (Å²) in [6.07, 6.45) is 1.03. The molecule has 0 atom stereocenters. The van der Waals surface area contributed by atoms with Crippen LogP contribution in [0.4, 0.5) is 0 Å². The van der Waals surface area contributed by atoms with Crippen LogP contribution in [0, 0.1) is 5.41 Å². The van der Waals surface area contributed by atoms with Crippen LogP contribution in [0.15, 0.2) is 48.5 Å². The molecule has 25 heavy (non-hydrogen) atoms. The first kappa shape index (κ1) is 19.4. The molecule has 0 aliphatic carbocycles. The van der Waals surface area contributed by atoms with E-state index in [0.717, 1.165) is 11.9 Å². The Morgan fingerprint density at radius 1 is 1.00 bits per heavy atom. The lowest BCUT2D eigenvalue weighted by molar-refractivity contribution is 0.0261. The monoisotopic (exact) mass is 365 g/mol. The summed E-state index contributed by atoms with van der Waals surface area (Å²) in [6.45, 7) is 4.46. The third-order valence-electron chi connectivity index (χ3n) is 3.15. The summed E-state index contributed by atoms with van der Waals surface area (Å²) in [6, 6.07) is 14.9. The van der Waals surface area contributed by atoms with Gasteiger partial charge in [-0.1, -0.05) is 38.1 Å². The van der Waals surface area contributed by atoms with Crippen LogP contribution in [0.2, 0.25) is 0 Å². The first-order chi connectivity index (χ1) is 11.7. The highest BCUT2D eigenvalue weighted by Crippen LogP contribution is 2.20. The average Bonchev–Trinajstić information content (AvgIpc) is 2.54. The quantitative estimate of drug-likeness (QED) is 0.634. The summed E-state index contributed by atoms with van der Waals surface area (Å²) in [7, 11) is -3.45. The Labute approximate surface area is 148 Å². The molecule has 0 saturated carbocycles. The van der Waals surface area contributed by atoms with Crippen molar-refractivity contribution in [3.8, 4) is 11.6 Å². The molecule has 1 aromatic carbocycles. The summed E-state index contributed by atoms with van der Waals surface area (Å²) >= 11 is 0. The zero-order valence-electron chi connectivity index (χ0n) is 14.6. The molecule has 0 saturated heterocycles. The van der Waals surface area contributed by atoms with Crippen molar-refractivity contribution >= 4 is 10.1 Å². The van der Waals surface area contributed by atoms with Crippen molar-refractivity contribution < 1.29 is 22.1 Å². The second kappa shape index (κ2) is 8.42. The van der Waals surface area contributed by atoms with Gasteiger partial charge in [0.25, 0.3) is 10.1 Å². The number of ether oxygens (including phenoxy) is 2. The molecule has 2 rings (SSSR count). The molecule has 0 aliphatic rings. The minimum absolute atomic E-state index is 0.0659. The number of benzene rings is 1. The third kappa shape index (κ3) is 7.64. The fourth-order valence-corrected chi connectivity index (χ4v) is 2.48. The molecule has 0 aliphatic heterocycles. The van der Waals surface area contributed by atoms with Gasteiger partial charge in [0.2, 0.25) is 5.88 Å². The molecular formula is C18H23NO5S. The molecule has 1 aromatic heterocycles. The molecular weight excluding hydrogens is 342 g/mol. The number of aromatic nitrogens is 1. The molecule has 0 amide bonds.